The van der Waals surface area contributed by atoms with Crippen LogP contribution in [0.4, 0.5) is 13.6 Å². The molecule has 1 aliphatic rings. The molecule has 1 rings (SSSR count). The monoisotopic (exact) mass is 336 g/mol. The first-order valence-corrected chi connectivity index (χ1v) is 7.78. The first-order chi connectivity index (χ1) is 10.5. The van der Waals surface area contributed by atoms with Crippen LogP contribution in [0.2, 0.25) is 0 Å². The van der Waals surface area contributed by atoms with Crippen molar-refractivity contribution in [2.45, 2.75) is 51.6 Å². The van der Waals surface area contributed by atoms with E-state index in [4.69, 9.17) is 9.84 Å². The Morgan fingerprint density at radius 2 is 1.83 bits per heavy atom. The van der Waals surface area contributed by atoms with Crippen LogP contribution in [0.15, 0.2) is 0 Å². The molecule has 0 unspecified atom stereocenters. The summed E-state index contributed by atoms with van der Waals surface area (Å²) in [4.78, 5) is 25.9. The largest absolute Gasteiger partial charge is 0.480 e. The summed E-state index contributed by atoms with van der Waals surface area (Å²) in [5, 5.41) is 8.89. The highest BCUT2D eigenvalue weighted by Gasteiger charge is 2.33. The molecule has 0 spiro atoms. The van der Waals surface area contributed by atoms with E-state index in [-0.39, 0.29) is 19.4 Å². The average Bonchev–Trinajstić information content (AvgIpc) is 2.37. The van der Waals surface area contributed by atoms with Crippen molar-refractivity contribution in [3.05, 3.63) is 0 Å². The van der Waals surface area contributed by atoms with Crippen LogP contribution in [0.25, 0.3) is 0 Å². The summed E-state index contributed by atoms with van der Waals surface area (Å²) >= 11 is 0. The number of nitrogens with zero attached hydrogens (tertiary/aromatic N) is 2. The average molecular weight is 336 g/mol. The standard InChI is InChI=1S/C15H26F2N2O4/c1-14(2,3)23-13(22)19(11-12(20)21)8-4-7-18-9-5-15(16,17)6-10-18/h4-11H2,1-3H3,(H,20,21). The normalized spacial score (nSPS) is 18.5. The minimum absolute atomic E-state index is 0.155. The van der Waals surface area contributed by atoms with Gasteiger partial charge in [-0.2, -0.15) is 0 Å². The number of halogens is 2. The number of ether oxygens (including phenoxy) is 1. The minimum atomic E-state index is -2.58. The maximum atomic E-state index is 13.1. The first-order valence-electron chi connectivity index (χ1n) is 7.78. The van der Waals surface area contributed by atoms with Gasteiger partial charge in [0.1, 0.15) is 12.1 Å². The second-order valence-electron chi connectivity index (χ2n) is 6.85. The van der Waals surface area contributed by atoms with Gasteiger partial charge in [-0.15, -0.1) is 0 Å². The molecule has 0 radical (unpaired) electrons. The number of likely N-dealkylation sites (tertiary alicyclic amines) is 1. The molecule has 0 aromatic rings. The molecule has 1 N–H and O–H groups in total. The molecule has 6 nitrogen and oxygen atoms in total. The minimum Gasteiger partial charge on any atom is -0.480 e. The fourth-order valence-electron chi connectivity index (χ4n) is 2.31. The van der Waals surface area contributed by atoms with Crippen molar-refractivity contribution in [1.82, 2.24) is 9.80 Å². The number of carbonyl (C=O) groups excluding carboxylic acids is 1. The number of rotatable bonds is 6. The Labute approximate surface area is 135 Å². The Kier molecular flexibility index (Phi) is 6.73. The van der Waals surface area contributed by atoms with Crippen molar-refractivity contribution >= 4 is 12.1 Å². The van der Waals surface area contributed by atoms with E-state index in [1.54, 1.807) is 20.8 Å². The summed E-state index contributed by atoms with van der Waals surface area (Å²) in [6, 6.07) is 0. The first kappa shape index (κ1) is 19.6. The summed E-state index contributed by atoms with van der Waals surface area (Å²) in [7, 11) is 0. The number of amides is 1. The number of alkyl halides is 2. The highest BCUT2D eigenvalue weighted by atomic mass is 19.3. The van der Waals surface area contributed by atoms with Gasteiger partial charge < -0.3 is 14.7 Å². The van der Waals surface area contributed by atoms with E-state index in [1.807, 2.05) is 4.90 Å². The van der Waals surface area contributed by atoms with Crippen LogP contribution < -0.4 is 0 Å². The Morgan fingerprint density at radius 3 is 2.30 bits per heavy atom. The number of hydrogen-bond acceptors (Lipinski definition) is 4. The van der Waals surface area contributed by atoms with Crippen molar-refractivity contribution in [2.24, 2.45) is 0 Å². The zero-order valence-corrected chi connectivity index (χ0v) is 14.0. The zero-order valence-electron chi connectivity index (χ0n) is 14.0. The maximum absolute atomic E-state index is 13.1. The summed E-state index contributed by atoms with van der Waals surface area (Å²) < 4.78 is 31.3. The van der Waals surface area contributed by atoms with Gasteiger partial charge in [0, 0.05) is 32.5 Å². The van der Waals surface area contributed by atoms with Crippen LogP contribution in [0.5, 0.6) is 0 Å². The molecule has 0 aromatic carbocycles. The van der Waals surface area contributed by atoms with Crippen LogP contribution in [-0.2, 0) is 9.53 Å². The van der Waals surface area contributed by atoms with E-state index in [2.05, 4.69) is 0 Å². The molecule has 1 heterocycles. The molecular weight excluding hydrogens is 310 g/mol. The Bertz CT molecular complexity index is 414. The molecule has 0 saturated carbocycles. The van der Waals surface area contributed by atoms with Gasteiger partial charge in [-0.25, -0.2) is 13.6 Å². The molecule has 134 valence electrons. The Hall–Kier alpha value is -1.44. The quantitative estimate of drug-likeness (QED) is 0.807. The van der Waals surface area contributed by atoms with Gasteiger partial charge in [0.2, 0.25) is 0 Å². The van der Waals surface area contributed by atoms with Crippen LogP contribution in [0.3, 0.4) is 0 Å². The van der Waals surface area contributed by atoms with Gasteiger partial charge in [-0.3, -0.25) is 9.69 Å². The molecule has 1 aliphatic heterocycles. The van der Waals surface area contributed by atoms with Crippen LogP contribution in [-0.4, -0.2) is 71.2 Å². The molecule has 0 bridgehead atoms. The lowest BCUT2D eigenvalue weighted by atomic mass is 10.1. The summed E-state index contributed by atoms with van der Waals surface area (Å²) in [5.74, 6) is -3.70. The van der Waals surface area contributed by atoms with Gasteiger partial charge in [-0.1, -0.05) is 0 Å². The fourth-order valence-corrected chi connectivity index (χ4v) is 2.31. The summed E-state index contributed by atoms with van der Waals surface area (Å²) in [5.41, 5.74) is -0.702. The molecule has 8 heteroatoms. The summed E-state index contributed by atoms with van der Waals surface area (Å²) in [6.07, 6.45) is -0.474. The second kappa shape index (κ2) is 7.90. The topological polar surface area (TPSA) is 70.1 Å². The van der Waals surface area contributed by atoms with Crippen molar-refractivity contribution in [2.75, 3.05) is 32.7 Å². The molecule has 0 aromatic heterocycles. The van der Waals surface area contributed by atoms with Crippen molar-refractivity contribution in [1.29, 1.82) is 0 Å². The number of piperidine rings is 1. The lowest BCUT2D eigenvalue weighted by Gasteiger charge is -2.32. The highest BCUT2D eigenvalue weighted by molar-refractivity contribution is 5.76. The van der Waals surface area contributed by atoms with Crippen molar-refractivity contribution in [3.63, 3.8) is 0 Å². The fraction of sp³-hybridized carbons (Fsp3) is 0.867. The summed E-state index contributed by atoms with van der Waals surface area (Å²) in [6.45, 7) is 6.08. The number of carboxylic acids is 1. The van der Waals surface area contributed by atoms with Gasteiger partial charge in [0.15, 0.2) is 0 Å². The molecule has 1 amide bonds. The van der Waals surface area contributed by atoms with E-state index in [9.17, 15) is 18.4 Å². The lowest BCUT2D eigenvalue weighted by Crippen LogP contribution is -2.43. The van der Waals surface area contributed by atoms with Gasteiger partial charge >= 0.3 is 12.1 Å². The highest BCUT2D eigenvalue weighted by Crippen LogP contribution is 2.27. The molecule has 1 fully saturated rings. The van der Waals surface area contributed by atoms with Crippen LogP contribution in [0, 0.1) is 0 Å². The van der Waals surface area contributed by atoms with Crippen molar-refractivity contribution in [3.8, 4) is 0 Å². The SMILES string of the molecule is CC(C)(C)OC(=O)N(CCCN1CCC(F)(F)CC1)CC(=O)O. The van der Waals surface area contributed by atoms with E-state index in [0.717, 1.165) is 4.90 Å². The predicted octanol–water partition coefficient (Wildman–Crippen LogP) is 2.43. The van der Waals surface area contributed by atoms with Crippen molar-refractivity contribution < 1.29 is 28.2 Å². The number of hydrogen-bond donors (Lipinski definition) is 1. The predicted molar refractivity (Wildman–Crippen MR) is 80.7 cm³/mol. The van der Waals surface area contributed by atoms with Gasteiger partial charge in [0.05, 0.1) is 0 Å². The molecule has 0 aliphatic carbocycles. The third kappa shape index (κ3) is 8.11. The third-order valence-electron chi connectivity index (χ3n) is 3.47. The van der Waals surface area contributed by atoms with Gasteiger partial charge in [0.25, 0.3) is 5.92 Å². The van der Waals surface area contributed by atoms with Crippen LogP contribution >= 0.6 is 0 Å². The van der Waals surface area contributed by atoms with E-state index in [1.165, 1.54) is 0 Å². The van der Waals surface area contributed by atoms with E-state index >= 15 is 0 Å². The Morgan fingerprint density at radius 1 is 1.26 bits per heavy atom. The molecule has 0 atom stereocenters. The maximum Gasteiger partial charge on any atom is 0.410 e. The van der Waals surface area contributed by atoms with Gasteiger partial charge in [-0.05, 0) is 33.7 Å². The third-order valence-corrected chi connectivity index (χ3v) is 3.47. The number of carbonyl (C=O) groups is 2. The number of carboxylic acid groups (broad SMARTS) is 1. The Balaban J connectivity index is 2.42. The van der Waals surface area contributed by atoms with Crippen LogP contribution in [0.1, 0.15) is 40.0 Å². The second-order valence-corrected chi connectivity index (χ2v) is 6.85. The zero-order chi connectivity index (χ0) is 17.7. The molecule has 23 heavy (non-hydrogen) atoms. The molecule has 1 saturated heterocycles. The smallest absolute Gasteiger partial charge is 0.410 e. The van der Waals surface area contributed by atoms with E-state index < -0.39 is 30.1 Å². The lowest BCUT2D eigenvalue weighted by molar-refractivity contribution is -0.138. The molecular formula is C15H26F2N2O4. The van der Waals surface area contributed by atoms with E-state index in [0.29, 0.717) is 26.1 Å². The number of aliphatic carboxylic acids is 1.